The zero-order valence-corrected chi connectivity index (χ0v) is 11.0. The lowest BCUT2D eigenvalue weighted by Crippen LogP contribution is -2.05. The third kappa shape index (κ3) is 3.45. The van der Waals surface area contributed by atoms with Gasteiger partial charge in [-0.3, -0.25) is 4.98 Å². The van der Waals surface area contributed by atoms with E-state index in [1.165, 1.54) is 0 Å². The molecule has 0 radical (unpaired) electrons. The summed E-state index contributed by atoms with van der Waals surface area (Å²) in [6, 6.07) is 9.61. The first kappa shape index (κ1) is 13.4. The molecule has 0 aliphatic carbocycles. The highest BCUT2D eigenvalue weighted by Gasteiger charge is 2.10. The summed E-state index contributed by atoms with van der Waals surface area (Å²) in [7, 11) is 0. The number of pyridine rings is 1. The van der Waals surface area contributed by atoms with Gasteiger partial charge in [0.1, 0.15) is 6.61 Å². The second kappa shape index (κ2) is 6.75. The monoisotopic (exact) mass is 258 g/mol. The smallest absolute Gasteiger partial charge is 0.166 e. The van der Waals surface area contributed by atoms with Gasteiger partial charge in [0.2, 0.25) is 0 Å². The summed E-state index contributed by atoms with van der Waals surface area (Å²) < 4.78 is 11.4. The van der Waals surface area contributed by atoms with Crippen molar-refractivity contribution in [2.45, 2.75) is 20.1 Å². The molecule has 0 aliphatic rings. The lowest BCUT2D eigenvalue weighted by molar-refractivity contribution is 0.266. The number of nitrogens with two attached hydrogens (primary N) is 1. The van der Waals surface area contributed by atoms with Gasteiger partial charge >= 0.3 is 0 Å². The van der Waals surface area contributed by atoms with Gasteiger partial charge in [-0.05, 0) is 19.1 Å². The molecule has 19 heavy (non-hydrogen) atoms. The molecule has 1 heterocycles. The van der Waals surface area contributed by atoms with E-state index in [0.717, 1.165) is 22.6 Å². The Morgan fingerprint density at radius 2 is 2.05 bits per heavy atom. The Hall–Kier alpha value is -2.07. The summed E-state index contributed by atoms with van der Waals surface area (Å²) in [4.78, 5) is 4.06. The van der Waals surface area contributed by atoms with Gasteiger partial charge in [0.15, 0.2) is 11.5 Å². The predicted molar refractivity (Wildman–Crippen MR) is 74.1 cm³/mol. The van der Waals surface area contributed by atoms with E-state index in [2.05, 4.69) is 4.98 Å². The molecule has 0 aliphatic heterocycles. The second-order valence-corrected chi connectivity index (χ2v) is 4.03. The number of rotatable bonds is 6. The van der Waals surface area contributed by atoms with Crippen LogP contribution in [0.4, 0.5) is 0 Å². The Balaban J connectivity index is 2.17. The van der Waals surface area contributed by atoms with Crippen LogP contribution in [0.5, 0.6) is 11.5 Å². The van der Waals surface area contributed by atoms with Crippen LogP contribution in [0, 0.1) is 0 Å². The molecule has 0 bridgehead atoms. The topological polar surface area (TPSA) is 57.4 Å². The van der Waals surface area contributed by atoms with Gasteiger partial charge in [0, 0.05) is 30.1 Å². The number of aromatic nitrogens is 1. The van der Waals surface area contributed by atoms with E-state index < -0.39 is 0 Å². The Morgan fingerprint density at radius 3 is 2.74 bits per heavy atom. The molecule has 0 fully saturated rings. The van der Waals surface area contributed by atoms with Gasteiger partial charge in [0.05, 0.1) is 6.61 Å². The van der Waals surface area contributed by atoms with Crippen LogP contribution in [-0.4, -0.2) is 11.6 Å². The number of nitrogens with zero attached hydrogens (tertiary/aromatic N) is 1. The number of hydrogen-bond donors (Lipinski definition) is 1. The maximum atomic E-state index is 5.85. The molecule has 4 nitrogen and oxygen atoms in total. The molecule has 100 valence electrons. The highest BCUT2D eigenvalue weighted by Crippen LogP contribution is 2.31. The zero-order chi connectivity index (χ0) is 13.5. The summed E-state index contributed by atoms with van der Waals surface area (Å²) in [5.74, 6) is 1.45. The first-order valence-electron chi connectivity index (χ1n) is 6.31. The first-order valence-corrected chi connectivity index (χ1v) is 6.31. The van der Waals surface area contributed by atoms with Gasteiger partial charge in [-0.1, -0.05) is 18.2 Å². The molecule has 1 aromatic carbocycles. The summed E-state index contributed by atoms with van der Waals surface area (Å²) in [5.41, 5.74) is 7.69. The van der Waals surface area contributed by atoms with E-state index in [1.807, 2.05) is 37.3 Å². The minimum atomic E-state index is 0.420. The first-order chi connectivity index (χ1) is 9.35. The van der Waals surface area contributed by atoms with Crippen LogP contribution in [0.15, 0.2) is 42.7 Å². The molecule has 0 spiro atoms. The minimum absolute atomic E-state index is 0.420. The quantitative estimate of drug-likeness (QED) is 0.865. The normalized spacial score (nSPS) is 10.2. The Morgan fingerprint density at radius 1 is 1.16 bits per heavy atom. The number of ether oxygens (including phenoxy) is 2. The molecule has 2 rings (SSSR count). The third-order valence-electron chi connectivity index (χ3n) is 2.69. The molecule has 0 saturated heterocycles. The van der Waals surface area contributed by atoms with Gasteiger partial charge in [-0.2, -0.15) is 0 Å². The fourth-order valence-electron chi connectivity index (χ4n) is 1.79. The van der Waals surface area contributed by atoms with Crippen LogP contribution in [0.2, 0.25) is 0 Å². The molecule has 0 unspecified atom stereocenters. The molecule has 1 aromatic heterocycles. The highest BCUT2D eigenvalue weighted by atomic mass is 16.5. The SMILES string of the molecule is CCOc1cccc(CN)c1OCc1cccnc1. The fourth-order valence-corrected chi connectivity index (χ4v) is 1.79. The summed E-state index contributed by atoms with van der Waals surface area (Å²) in [6.07, 6.45) is 3.52. The van der Waals surface area contributed by atoms with Crippen molar-refractivity contribution in [3.8, 4) is 11.5 Å². The Labute approximate surface area is 113 Å². The van der Waals surface area contributed by atoms with E-state index in [1.54, 1.807) is 12.4 Å². The van der Waals surface area contributed by atoms with E-state index in [9.17, 15) is 0 Å². The average Bonchev–Trinajstić information content (AvgIpc) is 2.47. The van der Waals surface area contributed by atoms with Crippen molar-refractivity contribution >= 4 is 0 Å². The van der Waals surface area contributed by atoms with E-state index in [4.69, 9.17) is 15.2 Å². The van der Waals surface area contributed by atoms with Gasteiger partial charge in [0.25, 0.3) is 0 Å². The molecule has 2 aromatic rings. The van der Waals surface area contributed by atoms with Crippen molar-refractivity contribution in [1.82, 2.24) is 4.98 Å². The maximum absolute atomic E-state index is 5.85. The molecule has 0 atom stereocenters. The predicted octanol–water partition coefficient (Wildman–Crippen LogP) is 2.52. The lowest BCUT2D eigenvalue weighted by atomic mass is 10.2. The van der Waals surface area contributed by atoms with Crippen molar-refractivity contribution in [1.29, 1.82) is 0 Å². The van der Waals surface area contributed by atoms with Gasteiger partial charge in [-0.15, -0.1) is 0 Å². The molecule has 0 saturated carbocycles. The zero-order valence-electron chi connectivity index (χ0n) is 11.0. The van der Waals surface area contributed by atoms with Crippen molar-refractivity contribution in [3.05, 3.63) is 53.9 Å². The van der Waals surface area contributed by atoms with Crippen LogP contribution in [0.3, 0.4) is 0 Å². The van der Waals surface area contributed by atoms with Gasteiger partial charge in [-0.25, -0.2) is 0 Å². The average molecular weight is 258 g/mol. The van der Waals surface area contributed by atoms with Crippen LogP contribution < -0.4 is 15.2 Å². The van der Waals surface area contributed by atoms with Crippen LogP contribution in [0.25, 0.3) is 0 Å². The summed E-state index contributed by atoms with van der Waals surface area (Å²) in [6.45, 7) is 3.41. The number of para-hydroxylation sites is 1. The Bertz CT molecular complexity index is 515. The third-order valence-corrected chi connectivity index (χ3v) is 2.69. The van der Waals surface area contributed by atoms with E-state index in [0.29, 0.717) is 19.8 Å². The molecule has 0 amide bonds. The van der Waals surface area contributed by atoms with Crippen molar-refractivity contribution in [2.24, 2.45) is 5.73 Å². The number of hydrogen-bond acceptors (Lipinski definition) is 4. The minimum Gasteiger partial charge on any atom is -0.490 e. The van der Waals surface area contributed by atoms with Crippen LogP contribution >= 0.6 is 0 Å². The number of benzene rings is 1. The maximum Gasteiger partial charge on any atom is 0.166 e. The highest BCUT2D eigenvalue weighted by molar-refractivity contribution is 5.46. The Kier molecular flexibility index (Phi) is 4.75. The van der Waals surface area contributed by atoms with Crippen LogP contribution in [-0.2, 0) is 13.2 Å². The standard InChI is InChI=1S/C15H18N2O2/c1-2-18-14-7-3-6-13(9-16)15(14)19-11-12-5-4-8-17-10-12/h3-8,10H,2,9,11,16H2,1H3. The lowest BCUT2D eigenvalue weighted by Gasteiger charge is -2.15. The van der Waals surface area contributed by atoms with Crippen LogP contribution in [0.1, 0.15) is 18.1 Å². The van der Waals surface area contributed by atoms with Crippen molar-refractivity contribution in [2.75, 3.05) is 6.61 Å². The largest absolute Gasteiger partial charge is 0.490 e. The summed E-state index contributed by atoms with van der Waals surface area (Å²) >= 11 is 0. The molecule has 2 N–H and O–H groups in total. The molecular weight excluding hydrogens is 240 g/mol. The second-order valence-electron chi connectivity index (χ2n) is 4.03. The van der Waals surface area contributed by atoms with Gasteiger partial charge < -0.3 is 15.2 Å². The van der Waals surface area contributed by atoms with E-state index >= 15 is 0 Å². The van der Waals surface area contributed by atoms with E-state index in [-0.39, 0.29) is 0 Å². The summed E-state index contributed by atoms with van der Waals surface area (Å²) in [5, 5.41) is 0. The fraction of sp³-hybridized carbons (Fsp3) is 0.267. The van der Waals surface area contributed by atoms with Crippen molar-refractivity contribution in [3.63, 3.8) is 0 Å². The van der Waals surface area contributed by atoms with Crippen molar-refractivity contribution < 1.29 is 9.47 Å². The molecular formula is C15H18N2O2. The molecule has 4 heteroatoms.